The third kappa shape index (κ3) is 7.57. The Kier molecular flexibility index (Phi) is 12.1. The Hall–Kier alpha value is -3.84. The summed E-state index contributed by atoms with van der Waals surface area (Å²) >= 11 is 0. The number of aromatic nitrogens is 2. The van der Waals surface area contributed by atoms with E-state index < -0.39 is 0 Å². The topological polar surface area (TPSA) is 132 Å². The zero-order valence-corrected chi connectivity index (χ0v) is 35.7. The van der Waals surface area contributed by atoms with E-state index in [0.29, 0.717) is 36.1 Å². The lowest BCUT2D eigenvalue weighted by molar-refractivity contribution is -0.140. The number of amides is 2. The van der Waals surface area contributed by atoms with Gasteiger partial charge in [-0.1, -0.05) is 24.3 Å². The highest BCUT2D eigenvalue weighted by Crippen LogP contribution is 2.52. The van der Waals surface area contributed by atoms with E-state index in [9.17, 15) is 29.4 Å². The number of fused-ring (bicyclic) bond motifs is 6. The molecule has 0 bridgehead atoms. The Morgan fingerprint density at radius 3 is 1.32 bits per heavy atom. The molecule has 8 heterocycles. The van der Waals surface area contributed by atoms with E-state index in [1.807, 2.05) is 69.2 Å². The van der Waals surface area contributed by atoms with Crippen molar-refractivity contribution in [3.63, 3.8) is 0 Å². The fraction of sp³-hybridized carbons (Fsp3) is 0.667. The van der Waals surface area contributed by atoms with Gasteiger partial charge in [-0.05, 0) is 114 Å². The lowest BCUT2D eigenvalue weighted by Crippen LogP contribution is -2.51. The van der Waals surface area contributed by atoms with Crippen molar-refractivity contribution in [1.29, 1.82) is 0 Å². The van der Waals surface area contributed by atoms with Crippen molar-refractivity contribution in [2.75, 3.05) is 52.5 Å². The Bertz CT molecular complexity index is 1940. The van der Waals surface area contributed by atoms with Crippen LogP contribution < -0.4 is 11.1 Å². The first-order valence-electron chi connectivity index (χ1n) is 23.3. The van der Waals surface area contributed by atoms with Gasteiger partial charge in [0.15, 0.2) is 0 Å². The Balaban J connectivity index is 0.000000154. The fourth-order valence-corrected chi connectivity index (χ4v) is 12.0. The molecule has 2 N–H and O–H groups in total. The number of nitrogens with zero attached hydrogens (tertiary/aromatic N) is 6. The largest absolute Gasteiger partial charge is 0.396 e. The second-order valence-corrected chi connectivity index (χ2v) is 19.1. The van der Waals surface area contributed by atoms with Gasteiger partial charge in [0, 0.05) is 112 Å². The van der Waals surface area contributed by atoms with Gasteiger partial charge < -0.3 is 29.1 Å². The van der Waals surface area contributed by atoms with Crippen LogP contribution in [0.25, 0.3) is 12.2 Å². The van der Waals surface area contributed by atoms with Crippen LogP contribution in [-0.2, 0) is 22.7 Å². The first-order chi connectivity index (χ1) is 29.3. The number of piperidine rings is 2. The van der Waals surface area contributed by atoms with Crippen LogP contribution in [0.15, 0.2) is 46.0 Å². The zero-order chi connectivity index (χ0) is 41.7. The first-order valence-corrected chi connectivity index (χ1v) is 23.3. The van der Waals surface area contributed by atoms with Crippen LogP contribution in [0.2, 0.25) is 0 Å². The van der Waals surface area contributed by atoms with Crippen molar-refractivity contribution in [3.05, 3.63) is 79.6 Å². The quantitative estimate of drug-likeness (QED) is 0.358. The first kappa shape index (κ1) is 41.5. The molecule has 0 spiro atoms. The minimum atomic E-state index is -0.261. The number of likely N-dealkylation sites (tertiary alicyclic amines) is 4. The van der Waals surface area contributed by atoms with Gasteiger partial charge >= 0.3 is 0 Å². The molecule has 324 valence electrons. The molecule has 12 nitrogen and oxygen atoms in total. The van der Waals surface area contributed by atoms with Crippen LogP contribution in [0.1, 0.15) is 113 Å². The maximum atomic E-state index is 13.6. The Morgan fingerprint density at radius 2 is 0.983 bits per heavy atom. The van der Waals surface area contributed by atoms with Crippen molar-refractivity contribution in [1.82, 2.24) is 28.7 Å². The molecule has 2 amide bonds. The maximum Gasteiger partial charge on any atom is 0.258 e. The zero-order valence-electron chi connectivity index (χ0n) is 35.7. The molecule has 4 saturated heterocycles. The number of carbonyl (C=O) groups excluding carboxylic acids is 2. The van der Waals surface area contributed by atoms with Gasteiger partial charge in [-0.3, -0.25) is 29.0 Å². The number of aliphatic hydroxyl groups excluding tert-OH is 2. The van der Waals surface area contributed by atoms with Crippen LogP contribution in [0.5, 0.6) is 0 Å². The summed E-state index contributed by atoms with van der Waals surface area (Å²) in [5.41, 5.74) is 3.54. The molecule has 10 rings (SSSR count). The highest BCUT2D eigenvalue weighted by molar-refractivity contribution is 5.83. The highest BCUT2D eigenvalue weighted by atomic mass is 16.3. The average molecular weight is 823 g/mol. The number of allylic oxidation sites excluding steroid dienone is 2. The average Bonchev–Trinajstić information content (AvgIpc) is 4.15. The minimum absolute atomic E-state index is 0.00294. The van der Waals surface area contributed by atoms with Crippen LogP contribution in [0.4, 0.5) is 0 Å². The second kappa shape index (κ2) is 17.5. The van der Waals surface area contributed by atoms with Gasteiger partial charge in [0.05, 0.1) is 24.2 Å². The molecular formula is C48H66N6O6. The molecular weight excluding hydrogens is 757 g/mol. The number of hydrogen-bond acceptors (Lipinski definition) is 8. The lowest BCUT2D eigenvalue weighted by Gasteiger charge is -2.36. The van der Waals surface area contributed by atoms with E-state index in [1.54, 1.807) is 0 Å². The van der Waals surface area contributed by atoms with E-state index in [-0.39, 0.29) is 84.0 Å². The molecule has 0 radical (unpaired) electrons. The number of hydrogen-bond donors (Lipinski definition) is 2. The molecule has 8 atom stereocenters. The molecule has 60 heavy (non-hydrogen) atoms. The van der Waals surface area contributed by atoms with E-state index in [2.05, 4.69) is 21.9 Å². The Labute approximate surface area is 354 Å². The molecule has 6 fully saturated rings. The van der Waals surface area contributed by atoms with Gasteiger partial charge in [-0.25, -0.2) is 0 Å². The highest BCUT2D eigenvalue weighted by Gasteiger charge is 2.58. The summed E-state index contributed by atoms with van der Waals surface area (Å²) in [5.74, 6) is 1.67. The number of rotatable bonds is 10. The van der Waals surface area contributed by atoms with Crippen LogP contribution in [0.3, 0.4) is 0 Å². The second-order valence-electron chi connectivity index (χ2n) is 19.1. The van der Waals surface area contributed by atoms with Crippen molar-refractivity contribution in [3.8, 4) is 0 Å². The molecule has 2 aromatic rings. The van der Waals surface area contributed by atoms with Crippen LogP contribution in [0, 0.1) is 35.5 Å². The summed E-state index contributed by atoms with van der Waals surface area (Å²) in [4.78, 5) is 62.1. The molecule has 2 aliphatic carbocycles. The van der Waals surface area contributed by atoms with Crippen molar-refractivity contribution in [2.24, 2.45) is 35.5 Å². The predicted octanol–water partition coefficient (Wildman–Crippen LogP) is 4.54. The summed E-state index contributed by atoms with van der Waals surface area (Å²) in [6, 6.07) is 7.56. The Morgan fingerprint density at radius 1 is 0.600 bits per heavy atom. The van der Waals surface area contributed by atoms with Gasteiger partial charge in [0.25, 0.3) is 11.1 Å². The monoisotopic (exact) mass is 823 g/mol. The molecule has 8 aliphatic rings. The summed E-state index contributed by atoms with van der Waals surface area (Å²) in [5, 5.41) is 20.8. The summed E-state index contributed by atoms with van der Waals surface area (Å²) in [7, 11) is 0. The smallest absolute Gasteiger partial charge is 0.258 e. The molecule has 2 saturated carbocycles. The third-order valence-electron chi connectivity index (χ3n) is 15.3. The molecule has 0 unspecified atom stereocenters. The lowest BCUT2D eigenvalue weighted by atomic mass is 9.88. The van der Waals surface area contributed by atoms with E-state index in [4.69, 9.17) is 0 Å². The third-order valence-corrected chi connectivity index (χ3v) is 15.3. The van der Waals surface area contributed by atoms with E-state index in [1.165, 1.54) is 38.5 Å². The van der Waals surface area contributed by atoms with Crippen LogP contribution >= 0.6 is 0 Å². The standard InChI is InChI=1S/2C24H33N3O3/c2*1-2-6-17-9-10-20-21-18(14-26(20)23(17)29)19(15-28)22(27(21)13-16-7-8-16)24(30)25-11-4-3-5-12-25/h2*2,6,9-10,16,18-19,21-22,28H,3-5,7-8,11-15H2,1H3/b6-2+;6-2-/t2*18-,19-,21+,22-/m11/s1. The molecule has 0 aromatic carbocycles. The van der Waals surface area contributed by atoms with Gasteiger partial charge in [-0.15, -0.1) is 0 Å². The van der Waals surface area contributed by atoms with Crippen molar-refractivity contribution >= 4 is 24.0 Å². The predicted molar refractivity (Wildman–Crippen MR) is 232 cm³/mol. The van der Waals surface area contributed by atoms with Crippen molar-refractivity contribution < 1.29 is 19.8 Å². The SMILES string of the molecule is C/C=C/c1ccc2n(c1=O)C[C@@H]1[C@@H](CO)[C@H](C(=O)N3CCCCC3)N(CC3CC3)[C@H]21.C/C=C\c1ccc2n(c1=O)C[C@@H]1[C@@H](CO)[C@H](C(=O)N3CCCCC3)N(CC3CC3)[C@H]21. The summed E-state index contributed by atoms with van der Waals surface area (Å²) in [6.45, 7) is 10.2. The number of aliphatic hydroxyl groups is 2. The normalized spacial score (nSPS) is 31.3. The van der Waals surface area contributed by atoms with Gasteiger partial charge in [0.1, 0.15) is 0 Å². The molecule has 6 aliphatic heterocycles. The number of carbonyl (C=O) groups is 2. The van der Waals surface area contributed by atoms with Gasteiger partial charge in [-0.2, -0.15) is 0 Å². The van der Waals surface area contributed by atoms with E-state index in [0.717, 1.165) is 76.3 Å². The summed E-state index contributed by atoms with van der Waals surface area (Å²) in [6.07, 6.45) is 19.1. The maximum absolute atomic E-state index is 13.6. The molecule has 2 aromatic heterocycles. The molecule has 12 heteroatoms. The number of pyridine rings is 2. The van der Waals surface area contributed by atoms with Crippen LogP contribution in [-0.4, -0.2) is 115 Å². The fourth-order valence-electron chi connectivity index (χ4n) is 12.0. The van der Waals surface area contributed by atoms with E-state index >= 15 is 0 Å². The van der Waals surface area contributed by atoms with Crippen molar-refractivity contribution in [2.45, 2.75) is 115 Å². The minimum Gasteiger partial charge on any atom is -0.396 e. The van der Waals surface area contributed by atoms with Gasteiger partial charge in [0.2, 0.25) is 11.8 Å². The summed E-state index contributed by atoms with van der Waals surface area (Å²) < 4.78 is 3.80.